The summed E-state index contributed by atoms with van der Waals surface area (Å²) in [5.41, 5.74) is 1.33. The van der Waals surface area contributed by atoms with Crippen molar-refractivity contribution in [3.63, 3.8) is 0 Å². The van der Waals surface area contributed by atoms with Gasteiger partial charge in [-0.2, -0.15) is 5.10 Å². The number of aryl methyl sites for hydroxylation is 1. The van der Waals surface area contributed by atoms with Gasteiger partial charge in [0.05, 0.1) is 23.1 Å². The molecule has 0 aliphatic rings. The van der Waals surface area contributed by atoms with Crippen LogP contribution in [0.15, 0.2) is 35.1 Å². The Bertz CT molecular complexity index is 627. The van der Waals surface area contributed by atoms with Gasteiger partial charge in [-0.25, -0.2) is 4.39 Å². The Labute approximate surface area is 125 Å². The van der Waals surface area contributed by atoms with Crippen LogP contribution >= 0.6 is 15.9 Å². The minimum atomic E-state index is -0.310. The topological polar surface area (TPSA) is 46.9 Å². The highest BCUT2D eigenvalue weighted by Crippen LogP contribution is 2.17. The van der Waals surface area contributed by atoms with Crippen LogP contribution in [0, 0.1) is 18.7 Å². The van der Waals surface area contributed by atoms with Gasteiger partial charge in [0, 0.05) is 11.9 Å². The molecule has 6 heteroatoms. The van der Waals surface area contributed by atoms with E-state index in [0.717, 1.165) is 4.47 Å². The minimum Gasteiger partial charge on any atom is -0.326 e. The minimum absolute atomic E-state index is 0.119. The molecular formula is C14H15BrFN3O. The first-order valence-electron chi connectivity index (χ1n) is 6.20. The van der Waals surface area contributed by atoms with Crippen LogP contribution in [0.25, 0.3) is 0 Å². The van der Waals surface area contributed by atoms with Crippen molar-refractivity contribution in [1.82, 2.24) is 9.78 Å². The van der Waals surface area contributed by atoms with Gasteiger partial charge in [-0.1, -0.05) is 6.92 Å². The average molecular weight is 340 g/mol. The number of rotatable bonds is 4. The molecule has 0 saturated carbocycles. The van der Waals surface area contributed by atoms with Crippen molar-refractivity contribution in [3.8, 4) is 0 Å². The van der Waals surface area contributed by atoms with Crippen LogP contribution in [0.4, 0.5) is 10.1 Å². The van der Waals surface area contributed by atoms with Crippen LogP contribution < -0.4 is 5.32 Å². The predicted molar refractivity (Wildman–Crippen MR) is 78.9 cm³/mol. The SMILES string of the molecule is Cc1cc(F)ccc1NC(=O)[C@H](C)Cn1cc(Br)cn1. The van der Waals surface area contributed by atoms with Crippen molar-refractivity contribution < 1.29 is 9.18 Å². The molecule has 4 nitrogen and oxygen atoms in total. The molecule has 1 amide bonds. The maximum Gasteiger partial charge on any atom is 0.229 e. The number of nitrogens with one attached hydrogen (secondary N) is 1. The fraction of sp³-hybridized carbons (Fsp3) is 0.286. The fourth-order valence-electron chi connectivity index (χ4n) is 1.82. The monoisotopic (exact) mass is 339 g/mol. The quantitative estimate of drug-likeness (QED) is 0.928. The van der Waals surface area contributed by atoms with Gasteiger partial charge in [-0.15, -0.1) is 0 Å². The smallest absolute Gasteiger partial charge is 0.229 e. The third-order valence-electron chi connectivity index (χ3n) is 2.96. The Balaban J connectivity index is 2.00. The first-order chi connectivity index (χ1) is 9.45. The van der Waals surface area contributed by atoms with E-state index in [1.54, 1.807) is 23.9 Å². The molecule has 1 atom stereocenters. The van der Waals surface area contributed by atoms with Crippen molar-refractivity contribution >= 4 is 27.5 Å². The summed E-state index contributed by atoms with van der Waals surface area (Å²) in [4.78, 5) is 12.1. The van der Waals surface area contributed by atoms with E-state index in [1.807, 2.05) is 13.1 Å². The van der Waals surface area contributed by atoms with E-state index < -0.39 is 0 Å². The van der Waals surface area contributed by atoms with Crippen LogP contribution in [0.3, 0.4) is 0 Å². The third-order valence-corrected chi connectivity index (χ3v) is 3.37. The zero-order chi connectivity index (χ0) is 14.7. The molecule has 106 valence electrons. The second-order valence-electron chi connectivity index (χ2n) is 4.73. The van der Waals surface area contributed by atoms with Crippen LogP contribution in [0.5, 0.6) is 0 Å². The predicted octanol–water partition coefficient (Wildman–Crippen LogP) is 3.37. The summed E-state index contributed by atoms with van der Waals surface area (Å²) in [7, 11) is 0. The molecule has 1 aromatic carbocycles. The number of hydrogen-bond donors (Lipinski definition) is 1. The molecule has 1 heterocycles. The maximum absolute atomic E-state index is 13.0. The summed E-state index contributed by atoms with van der Waals surface area (Å²) in [6, 6.07) is 4.29. The molecule has 0 aliphatic carbocycles. The van der Waals surface area contributed by atoms with Crippen LogP contribution in [0.2, 0.25) is 0 Å². The number of anilines is 1. The number of hydrogen-bond acceptors (Lipinski definition) is 2. The largest absolute Gasteiger partial charge is 0.326 e. The van der Waals surface area contributed by atoms with Crippen LogP contribution in [0.1, 0.15) is 12.5 Å². The number of carbonyl (C=O) groups excluding carboxylic acids is 1. The molecule has 2 rings (SSSR count). The van der Waals surface area contributed by atoms with E-state index in [1.165, 1.54) is 12.1 Å². The standard InChI is InChI=1S/C14H15BrFN3O/c1-9-5-12(16)3-4-13(9)18-14(20)10(2)7-19-8-11(15)6-17-19/h3-6,8,10H,7H2,1-2H3,(H,18,20)/t10-/m1/s1. The first kappa shape index (κ1) is 14.7. The first-order valence-corrected chi connectivity index (χ1v) is 7.00. The normalized spacial score (nSPS) is 12.2. The lowest BCUT2D eigenvalue weighted by Crippen LogP contribution is -2.25. The second-order valence-corrected chi connectivity index (χ2v) is 5.65. The Morgan fingerprint density at radius 2 is 2.30 bits per heavy atom. The van der Waals surface area contributed by atoms with E-state index in [0.29, 0.717) is 17.8 Å². The van der Waals surface area contributed by atoms with Gasteiger partial charge >= 0.3 is 0 Å². The Kier molecular flexibility index (Phi) is 4.54. The Hall–Kier alpha value is -1.69. The molecule has 0 spiro atoms. The molecule has 0 unspecified atom stereocenters. The van der Waals surface area contributed by atoms with Crippen molar-refractivity contribution in [1.29, 1.82) is 0 Å². The van der Waals surface area contributed by atoms with Gasteiger partial charge < -0.3 is 5.32 Å². The van der Waals surface area contributed by atoms with Crippen LogP contribution in [-0.2, 0) is 11.3 Å². The Morgan fingerprint density at radius 3 is 2.90 bits per heavy atom. The average Bonchev–Trinajstić information content (AvgIpc) is 2.78. The number of aromatic nitrogens is 2. The molecule has 1 aromatic heterocycles. The third kappa shape index (κ3) is 3.66. The zero-order valence-corrected chi connectivity index (χ0v) is 12.8. The number of halogens is 2. The van der Waals surface area contributed by atoms with Gasteiger partial charge in [0.15, 0.2) is 0 Å². The number of benzene rings is 1. The highest BCUT2D eigenvalue weighted by molar-refractivity contribution is 9.10. The number of amides is 1. The molecule has 0 bridgehead atoms. The fourth-order valence-corrected chi connectivity index (χ4v) is 2.15. The van der Waals surface area contributed by atoms with Gasteiger partial charge in [-0.3, -0.25) is 9.48 Å². The van der Waals surface area contributed by atoms with Gasteiger partial charge in [0.2, 0.25) is 5.91 Å². The van der Waals surface area contributed by atoms with Crippen molar-refractivity contribution in [3.05, 3.63) is 46.4 Å². The summed E-state index contributed by atoms with van der Waals surface area (Å²) < 4.78 is 15.6. The molecule has 0 aliphatic heterocycles. The van der Waals surface area contributed by atoms with E-state index in [-0.39, 0.29) is 17.6 Å². The van der Waals surface area contributed by atoms with Crippen molar-refractivity contribution in [2.75, 3.05) is 5.32 Å². The summed E-state index contributed by atoms with van der Waals surface area (Å²) in [6.45, 7) is 4.06. The van der Waals surface area contributed by atoms with Gasteiger partial charge in [0.25, 0.3) is 0 Å². The van der Waals surface area contributed by atoms with Crippen molar-refractivity contribution in [2.24, 2.45) is 5.92 Å². The lowest BCUT2D eigenvalue weighted by atomic mass is 10.1. The molecule has 2 aromatic rings. The summed E-state index contributed by atoms with van der Waals surface area (Å²) in [5.74, 6) is -0.674. The molecule has 0 saturated heterocycles. The van der Waals surface area contributed by atoms with E-state index in [2.05, 4.69) is 26.3 Å². The Morgan fingerprint density at radius 1 is 1.55 bits per heavy atom. The maximum atomic E-state index is 13.0. The zero-order valence-electron chi connectivity index (χ0n) is 11.2. The second kappa shape index (κ2) is 6.17. The lowest BCUT2D eigenvalue weighted by Gasteiger charge is -2.13. The highest BCUT2D eigenvalue weighted by atomic mass is 79.9. The number of nitrogens with zero attached hydrogens (tertiary/aromatic N) is 2. The molecule has 1 N–H and O–H groups in total. The molecule has 0 fully saturated rings. The van der Waals surface area contributed by atoms with E-state index in [9.17, 15) is 9.18 Å². The summed E-state index contributed by atoms with van der Waals surface area (Å²) in [6.07, 6.45) is 3.49. The van der Waals surface area contributed by atoms with E-state index >= 15 is 0 Å². The van der Waals surface area contributed by atoms with Crippen molar-refractivity contribution in [2.45, 2.75) is 20.4 Å². The van der Waals surface area contributed by atoms with E-state index in [4.69, 9.17) is 0 Å². The summed E-state index contributed by atoms with van der Waals surface area (Å²) in [5, 5.41) is 6.92. The van der Waals surface area contributed by atoms with Gasteiger partial charge in [0.1, 0.15) is 5.82 Å². The highest BCUT2D eigenvalue weighted by Gasteiger charge is 2.15. The molecule has 0 radical (unpaired) electrons. The molecular weight excluding hydrogens is 325 g/mol. The molecule has 20 heavy (non-hydrogen) atoms. The summed E-state index contributed by atoms with van der Waals surface area (Å²) >= 11 is 3.31. The number of carbonyl (C=O) groups is 1. The lowest BCUT2D eigenvalue weighted by molar-refractivity contribution is -0.119. The van der Waals surface area contributed by atoms with Gasteiger partial charge in [-0.05, 0) is 46.6 Å². The van der Waals surface area contributed by atoms with Crippen LogP contribution in [-0.4, -0.2) is 15.7 Å².